The minimum absolute atomic E-state index is 0.0100. The molecule has 2 rings (SSSR count). The molecule has 0 saturated heterocycles. The summed E-state index contributed by atoms with van der Waals surface area (Å²) in [7, 11) is 0. The van der Waals surface area contributed by atoms with E-state index in [1.807, 2.05) is 6.92 Å². The Labute approximate surface area is 109 Å². The van der Waals surface area contributed by atoms with Gasteiger partial charge in [0.1, 0.15) is 5.69 Å². The van der Waals surface area contributed by atoms with E-state index in [9.17, 15) is 0 Å². The maximum Gasteiger partial charge on any atom is 0.225 e. The molecule has 0 spiro atoms. The summed E-state index contributed by atoms with van der Waals surface area (Å²) in [6.07, 6.45) is 2.15. The van der Waals surface area contributed by atoms with E-state index < -0.39 is 0 Å². The average Bonchev–Trinajstić information content (AvgIpc) is 3.05. The summed E-state index contributed by atoms with van der Waals surface area (Å²) in [6.45, 7) is 2.46. The summed E-state index contributed by atoms with van der Waals surface area (Å²) in [6, 6.07) is 0. The molecule has 1 aliphatic carbocycles. The van der Waals surface area contributed by atoms with Crippen molar-refractivity contribution < 1.29 is 4.74 Å². The second-order valence-corrected chi connectivity index (χ2v) is 4.37. The summed E-state index contributed by atoms with van der Waals surface area (Å²) in [5.74, 6) is 1.17. The van der Waals surface area contributed by atoms with Crippen LogP contribution in [0.3, 0.4) is 0 Å². The van der Waals surface area contributed by atoms with Gasteiger partial charge in [0.25, 0.3) is 0 Å². The van der Waals surface area contributed by atoms with Gasteiger partial charge in [0.05, 0.1) is 6.61 Å². The molecule has 92 valence electrons. The Morgan fingerprint density at radius 1 is 1.47 bits per heavy atom. The van der Waals surface area contributed by atoms with Gasteiger partial charge < -0.3 is 10.5 Å². The molecule has 0 amide bonds. The Balaban J connectivity index is 2.35. The third-order valence-corrected chi connectivity index (χ3v) is 2.71. The molecule has 5 nitrogen and oxygen atoms in total. The van der Waals surface area contributed by atoms with Crippen molar-refractivity contribution in [2.24, 2.45) is 10.9 Å². The predicted molar refractivity (Wildman–Crippen MR) is 67.9 cm³/mol. The first-order valence-electron chi connectivity index (χ1n) is 5.31. The van der Waals surface area contributed by atoms with Crippen molar-refractivity contribution in [3.8, 4) is 0 Å². The number of halogens is 2. The fourth-order valence-electron chi connectivity index (χ4n) is 1.35. The van der Waals surface area contributed by atoms with Crippen molar-refractivity contribution in [3.05, 3.63) is 10.4 Å². The van der Waals surface area contributed by atoms with E-state index in [4.69, 9.17) is 33.7 Å². The van der Waals surface area contributed by atoms with Crippen LogP contribution in [0, 0.1) is 5.92 Å². The number of ether oxygens (including phenoxy) is 1. The predicted octanol–water partition coefficient (Wildman–Crippen LogP) is 2.84. The molecule has 0 unspecified atom stereocenters. The third kappa shape index (κ3) is 2.98. The molecule has 0 aromatic carbocycles. The Morgan fingerprint density at radius 3 is 2.71 bits per heavy atom. The molecule has 17 heavy (non-hydrogen) atoms. The summed E-state index contributed by atoms with van der Waals surface area (Å²) >= 11 is 11.6. The van der Waals surface area contributed by atoms with Crippen molar-refractivity contribution in [1.82, 2.24) is 9.97 Å². The second-order valence-electron chi connectivity index (χ2n) is 3.67. The van der Waals surface area contributed by atoms with Gasteiger partial charge in [0, 0.05) is 5.92 Å². The largest absolute Gasteiger partial charge is 0.481 e. The number of rotatable bonds is 3. The van der Waals surface area contributed by atoms with Gasteiger partial charge in [-0.2, -0.15) is 4.98 Å². The molecule has 1 aromatic heterocycles. The smallest absolute Gasteiger partial charge is 0.225 e. The van der Waals surface area contributed by atoms with Crippen LogP contribution in [0.1, 0.15) is 19.8 Å². The highest BCUT2D eigenvalue weighted by atomic mass is 35.5. The maximum absolute atomic E-state index is 5.93. The van der Waals surface area contributed by atoms with Gasteiger partial charge in [-0.25, -0.2) is 9.98 Å². The molecule has 1 aromatic rings. The number of nitrogen functional groups attached to an aromatic ring is 1. The monoisotopic (exact) mass is 274 g/mol. The highest BCUT2D eigenvalue weighted by Crippen LogP contribution is 2.35. The van der Waals surface area contributed by atoms with Gasteiger partial charge in [-0.1, -0.05) is 11.6 Å². The van der Waals surface area contributed by atoms with Crippen LogP contribution < -0.4 is 5.73 Å². The van der Waals surface area contributed by atoms with E-state index in [-0.39, 0.29) is 16.3 Å². The van der Waals surface area contributed by atoms with Gasteiger partial charge in [-0.3, -0.25) is 0 Å². The number of anilines is 1. The molecule has 1 heterocycles. The second kappa shape index (κ2) is 5.06. The zero-order chi connectivity index (χ0) is 12.4. The Morgan fingerprint density at radius 2 is 2.18 bits per heavy atom. The van der Waals surface area contributed by atoms with Crippen molar-refractivity contribution >= 4 is 40.6 Å². The molecule has 1 saturated carbocycles. The lowest BCUT2D eigenvalue weighted by Crippen LogP contribution is -2.07. The zero-order valence-corrected chi connectivity index (χ0v) is 10.8. The Hall–Kier alpha value is -1.07. The molecule has 0 bridgehead atoms. The van der Waals surface area contributed by atoms with E-state index in [0.29, 0.717) is 24.1 Å². The van der Waals surface area contributed by atoms with Crippen molar-refractivity contribution in [2.75, 3.05) is 12.3 Å². The summed E-state index contributed by atoms with van der Waals surface area (Å²) < 4.78 is 5.46. The summed E-state index contributed by atoms with van der Waals surface area (Å²) in [5.41, 5.74) is 6.03. The lowest BCUT2D eigenvalue weighted by molar-refractivity contribution is 0.314. The van der Waals surface area contributed by atoms with Crippen LogP contribution in [-0.2, 0) is 4.74 Å². The molecule has 7 heteroatoms. The molecule has 1 fully saturated rings. The Kier molecular flexibility index (Phi) is 3.69. The fourth-order valence-corrected chi connectivity index (χ4v) is 1.79. The van der Waals surface area contributed by atoms with Crippen LogP contribution in [0.2, 0.25) is 10.4 Å². The number of hydrogen-bond acceptors (Lipinski definition) is 5. The van der Waals surface area contributed by atoms with Crippen LogP contribution in [0.15, 0.2) is 4.99 Å². The van der Waals surface area contributed by atoms with E-state index in [1.54, 1.807) is 0 Å². The van der Waals surface area contributed by atoms with E-state index in [2.05, 4.69) is 15.0 Å². The first-order chi connectivity index (χ1) is 8.11. The van der Waals surface area contributed by atoms with Crippen LogP contribution in [-0.4, -0.2) is 22.5 Å². The summed E-state index contributed by atoms with van der Waals surface area (Å²) in [5, 5.41) is 0.149. The fraction of sp³-hybridized carbons (Fsp3) is 0.500. The molecular formula is C10H12Cl2N4O. The number of aromatic nitrogens is 2. The van der Waals surface area contributed by atoms with Gasteiger partial charge in [0.2, 0.25) is 5.28 Å². The first kappa shape index (κ1) is 12.4. The SMILES string of the molecule is CCOC(=Nc1c(N)nc(Cl)nc1Cl)C1CC1. The van der Waals surface area contributed by atoms with Crippen LogP contribution in [0.4, 0.5) is 11.5 Å². The molecule has 1 aliphatic rings. The minimum atomic E-state index is 0.0100. The molecule has 0 aliphatic heterocycles. The lowest BCUT2D eigenvalue weighted by atomic mass is 10.4. The van der Waals surface area contributed by atoms with Gasteiger partial charge in [-0.05, 0) is 31.4 Å². The van der Waals surface area contributed by atoms with Crippen molar-refractivity contribution in [2.45, 2.75) is 19.8 Å². The molecule has 0 radical (unpaired) electrons. The number of nitrogens with zero attached hydrogens (tertiary/aromatic N) is 3. The quantitative estimate of drug-likeness (QED) is 0.398. The van der Waals surface area contributed by atoms with E-state index in [1.165, 1.54) is 0 Å². The highest BCUT2D eigenvalue weighted by molar-refractivity contribution is 6.34. The zero-order valence-electron chi connectivity index (χ0n) is 9.28. The minimum Gasteiger partial charge on any atom is -0.481 e. The maximum atomic E-state index is 5.93. The standard InChI is InChI=1S/C10H12Cl2N4O/c1-2-17-9(5-3-4-5)14-6-7(11)15-10(12)16-8(6)13/h5H,2-4H2,1H3,(H2,13,15,16). The van der Waals surface area contributed by atoms with Gasteiger partial charge in [-0.15, -0.1) is 0 Å². The number of nitrogens with two attached hydrogens (primary N) is 1. The van der Waals surface area contributed by atoms with E-state index in [0.717, 1.165) is 12.8 Å². The van der Waals surface area contributed by atoms with Crippen molar-refractivity contribution in [3.63, 3.8) is 0 Å². The van der Waals surface area contributed by atoms with Crippen LogP contribution in [0.25, 0.3) is 0 Å². The number of aliphatic imine (C=N–C) groups is 1. The molecule has 2 N–H and O–H groups in total. The normalized spacial score (nSPS) is 16.1. The molecule has 0 atom stereocenters. The highest BCUT2D eigenvalue weighted by Gasteiger charge is 2.29. The van der Waals surface area contributed by atoms with E-state index >= 15 is 0 Å². The first-order valence-corrected chi connectivity index (χ1v) is 6.07. The topological polar surface area (TPSA) is 73.4 Å². The lowest BCUT2D eigenvalue weighted by Gasteiger charge is -2.07. The van der Waals surface area contributed by atoms with Crippen molar-refractivity contribution in [1.29, 1.82) is 0 Å². The van der Waals surface area contributed by atoms with Gasteiger partial charge >= 0.3 is 0 Å². The number of hydrogen-bond donors (Lipinski definition) is 1. The van der Waals surface area contributed by atoms with Crippen LogP contribution >= 0.6 is 23.2 Å². The van der Waals surface area contributed by atoms with Crippen LogP contribution in [0.5, 0.6) is 0 Å². The Bertz CT molecular complexity index is 437. The molecular weight excluding hydrogens is 263 g/mol. The average molecular weight is 275 g/mol. The third-order valence-electron chi connectivity index (χ3n) is 2.28. The van der Waals surface area contributed by atoms with Gasteiger partial charge in [0.15, 0.2) is 16.9 Å². The summed E-state index contributed by atoms with van der Waals surface area (Å²) in [4.78, 5) is 11.9.